The van der Waals surface area contributed by atoms with Crippen LogP contribution in [0, 0.1) is 24.5 Å². The minimum absolute atomic E-state index is 0.0390. The van der Waals surface area contributed by atoms with Gasteiger partial charge < -0.3 is 41.3 Å². The quantitative estimate of drug-likeness (QED) is 0.176. The maximum absolute atomic E-state index is 11.3. The molecule has 2 saturated heterocycles. The van der Waals surface area contributed by atoms with Gasteiger partial charge in [-0.15, -0.1) is 0 Å². The summed E-state index contributed by atoms with van der Waals surface area (Å²) in [6.07, 6.45) is -6.54. The Labute approximate surface area is 205 Å². The lowest BCUT2D eigenvalue weighted by molar-refractivity contribution is -0.289. The molecule has 7 N–H and O–H groups in total. The third-order valence-electron chi connectivity index (χ3n) is 6.16. The molecule has 0 spiro atoms. The Kier molecular flexibility index (Phi) is 12.5. The molecule has 2 heterocycles. The number of nitroso groups, excluding NO2 is 5. The first kappa shape index (κ1) is 29.9. The van der Waals surface area contributed by atoms with Crippen molar-refractivity contribution in [2.75, 3.05) is 26.2 Å². The van der Waals surface area contributed by atoms with Gasteiger partial charge >= 0.3 is 0 Å². The molecule has 0 aromatic rings. The number of hydrogen-bond donors (Lipinski definition) is 4. The molecule has 36 heavy (non-hydrogen) atoms. The Balaban J connectivity index is 2.17. The Morgan fingerprint density at radius 1 is 0.944 bits per heavy atom. The van der Waals surface area contributed by atoms with E-state index in [4.69, 9.17) is 36.1 Å². The van der Waals surface area contributed by atoms with Crippen molar-refractivity contribution in [3.05, 3.63) is 24.5 Å². The number of hydrogen-bond acceptors (Lipinski definition) is 18. The van der Waals surface area contributed by atoms with Gasteiger partial charge in [-0.3, -0.25) is 0 Å². The van der Waals surface area contributed by atoms with Gasteiger partial charge in [0.05, 0.1) is 6.61 Å². The molecule has 18 nitrogen and oxygen atoms in total. The summed E-state index contributed by atoms with van der Waals surface area (Å²) < 4.78 is 23.1. The molecule has 2 fully saturated rings. The number of nitrogens with two attached hydrogens (primary N) is 3. The summed E-state index contributed by atoms with van der Waals surface area (Å²) in [7, 11) is 0. The molecule has 0 aliphatic carbocycles. The van der Waals surface area contributed by atoms with Crippen LogP contribution in [0.1, 0.15) is 19.3 Å². The van der Waals surface area contributed by atoms with Crippen LogP contribution in [-0.4, -0.2) is 98.6 Å². The zero-order valence-electron chi connectivity index (χ0n) is 19.4. The first-order valence-electron chi connectivity index (χ1n) is 11.4. The molecule has 3 unspecified atom stereocenters. The normalized spacial score (nSPS) is 35.2. The van der Waals surface area contributed by atoms with Crippen LogP contribution in [0.5, 0.6) is 0 Å². The van der Waals surface area contributed by atoms with Crippen LogP contribution < -0.4 is 17.2 Å². The van der Waals surface area contributed by atoms with E-state index >= 15 is 0 Å². The maximum Gasteiger partial charge on any atom is 0.160 e. The molecule has 204 valence electrons. The summed E-state index contributed by atoms with van der Waals surface area (Å²) in [4.78, 5) is 56.0. The summed E-state index contributed by atoms with van der Waals surface area (Å²) in [5.74, 6) is 0. The van der Waals surface area contributed by atoms with Crippen molar-refractivity contribution in [3.63, 3.8) is 0 Å². The molecule has 0 amide bonds. The largest absolute Gasteiger partial charge is 0.394 e. The minimum Gasteiger partial charge on any atom is -0.394 e. The van der Waals surface area contributed by atoms with Gasteiger partial charge in [0.2, 0.25) is 0 Å². The van der Waals surface area contributed by atoms with Gasteiger partial charge in [0.15, 0.2) is 12.6 Å². The predicted octanol–water partition coefficient (Wildman–Crippen LogP) is -1.08. The molecule has 2 aliphatic rings. The molecular weight excluding hydrogens is 488 g/mol. The van der Waals surface area contributed by atoms with Crippen molar-refractivity contribution in [2.45, 2.75) is 86.5 Å². The first-order chi connectivity index (χ1) is 17.4. The number of aliphatic hydroxyl groups excluding tert-OH is 1. The lowest BCUT2D eigenvalue weighted by atomic mass is 9.96. The van der Waals surface area contributed by atoms with Gasteiger partial charge in [0.25, 0.3) is 0 Å². The highest BCUT2D eigenvalue weighted by Crippen LogP contribution is 2.31. The average molecular weight is 521 g/mol. The fourth-order valence-corrected chi connectivity index (χ4v) is 4.33. The van der Waals surface area contributed by atoms with Gasteiger partial charge in [-0.1, -0.05) is 25.9 Å². The van der Waals surface area contributed by atoms with E-state index in [0.717, 1.165) is 0 Å². The Morgan fingerprint density at radius 3 is 2.17 bits per heavy atom. The highest BCUT2D eigenvalue weighted by molar-refractivity contribution is 4.96. The molecule has 2 rings (SSSR count). The number of ether oxygens (including phenoxy) is 4. The van der Waals surface area contributed by atoms with Crippen LogP contribution in [0.2, 0.25) is 0 Å². The standard InChI is InChI=1S/C18H32N8O10/c19-2-1-9(23-29)18(11(7-27)25-31)36-14-3-8(21)17(13(34-14)6-22-28)35-15-4-10(24-30)16(26-32)12(5-20)33-15/h8-18,27H,1-7,19-21H2/t8-,9?,10?,11?,12-,13-,14-,15-,16+,17+,18+/m1/s1. The van der Waals surface area contributed by atoms with Crippen molar-refractivity contribution < 1.29 is 24.1 Å². The second-order valence-electron chi connectivity index (χ2n) is 8.47. The van der Waals surface area contributed by atoms with Crippen molar-refractivity contribution in [2.24, 2.45) is 43.1 Å². The monoisotopic (exact) mass is 520 g/mol. The highest BCUT2D eigenvalue weighted by atomic mass is 16.7. The lowest BCUT2D eigenvalue weighted by Gasteiger charge is -2.43. The number of rotatable bonds is 16. The van der Waals surface area contributed by atoms with E-state index in [2.05, 4.69) is 25.9 Å². The van der Waals surface area contributed by atoms with E-state index in [1.165, 1.54) is 0 Å². The Hall–Kier alpha value is -2.32. The highest BCUT2D eigenvalue weighted by Gasteiger charge is 2.46. The van der Waals surface area contributed by atoms with Crippen LogP contribution in [0.4, 0.5) is 0 Å². The second-order valence-corrected chi connectivity index (χ2v) is 8.47. The summed E-state index contributed by atoms with van der Waals surface area (Å²) in [6.45, 7) is -1.22. The summed E-state index contributed by atoms with van der Waals surface area (Å²) in [5, 5.41) is 23.9. The third-order valence-corrected chi connectivity index (χ3v) is 6.16. The van der Waals surface area contributed by atoms with Gasteiger partial charge in [0, 0.05) is 25.4 Å². The van der Waals surface area contributed by atoms with Crippen molar-refractivity contribution >= 4 is 0 Å². The van der Waals surface area contributed by atoms with Gasteiger partial charge in [-0.25, -0.2) is 0 Å². The molecule has 0 aromatic carbocycles. The Morgan fingerprint density at radius 2 is 1.64 bits per heavy atom. The SMILES string of the molecule is NCCC(N=O)[C@H](O[C@@H]1C[C@@H](N)[C@H](O[C@@H]2CC(N=O)[C@H](N=O)[C@@H](CN)O2)[C@@H](CN=O)O1)C(CO)N=O. The fraction of sp³-hybridized carbons (Fsp3) is 1.00. The molecule has 2 aliphatic heterocycles. The average Bonchev–Trinajstić information content (AvgIpc) is 2.88. The Bertz CT molecular complexity index is 738. The maximum atomic E-state index is 11.3. The van der Waals surface area contributed by atoms with Crippen LogP contribution >= 0.6 is 0 Å². The van der Waals surface area contributed by atoms with Gasteiger partial charge in [0.1, 0.15) is 55.1 Å². The minimum atomic E-state index is -1.34. The van der Waals surface area contributed by atoms with E-state index in [-0.39, 0.29) is 32.4 Å². The van der Waals surface area contributed by atoms with E-state index in [0.29, 0.717) is 0 Å². The molecule has 11 atom stereocenters. The smallest absolute Gasteiger partial charge is 0.160 e. The third kappa shape index (κ3) is 7.35. The van der Waals surface area contributed by atoms with Crippen LogP contribution in [-0.2, 0) is 18.9 Å². The summed E-state index contributed by atoms with van der Waals surface area (Å²) in [5.41, 5.74) is 17.4. The van der Waals surface area contributed by atoms with Crippen molar-refractivity contribution in [1.82, 2.24) is 0 Å². The van der Waals surface area contributed by atoms with Crippen molar-refractivity contribution in [1.29, 1.82) is 0 Å². The van der Waals surface area contributed by atoms with Crippen LogP contribution in [0.25, 0.3) is 0 Å². The van der Waals surface area contributed by atoms with Gasteiger partial charge in [-0.2, -0.15) is 24.5 Å². The summed E-state index contributed by atoms with van der Waals surface area (Å²) >= 11 is 0. The number of nitrogens with zero attached hydrogens (tertiary/aromatic N) is 5. The van der Waals surface area contributed by atoms with E-state index in [1.54, 1.807) is 0 Å². The molecular formula is C18H32N8O10. The summed E-state index contributed by atoms with van der Waals surface area (Å²) in [6, 6.07) is -5.42. The fourth-order valence-electron chi connectivity index (χ4n) is 4.33. The van der Waals surface area contributed by atoms with Crippen LogP contribution in [0.3, 0.4) is 0 Å². The molecule has 0 bridgehead atoms. The molecule has 0 saturated carbocycles. The van der Waals surface area contributed by atoms with Gasteiger partial charge in [-0.05, 0) is 13.0 Å². The lowest BCUT2D eigenvalue weighted by Crippen LogP contribution is -2.59. The second kappa shape index (κ2) is 15.1. The van der Waals surface area contributed by atoms with E-state index in [9.17, 15) is 29.6 Å². The topological polar surface area (TPSA) is 282 Å². The molecule has 0 aromatic heterocycles. The zero-order chi connectivity index (χ0) is 26.7. The van der Waals surface area contributed by atoms with Crippen LogP contribution in [0.15, 0.2) is 25.9 Å². The zero-order valence-corrected chi connectivity index (χ0v) is 19.4. The van der Waals surface area contributed by atoms with Crippen molar-refractivity contribution in [3.8, 4) is 0 Å². The van der Waals surface area contributed by atoms with E-state index < -0.39 is 80.4 Å². The van der Waals surface area contributed by atoms with E-state index in [1.807, 2.05) is 0 Å². The molecule has 0 radical (unpaired) electrons. The number of aliphatic hydroxyl groups is 1. The molecule has 18 heteroatoms. The first-order valence-corrected chi connectivity index (χ1v) is 11.4. The predicted molar refractivity (Wildman–Crippen MR) is 123 cm³/mol.